The van der Waals surface area contributed by atoms with Crippen LogP contribution < -0.4 is 14.8 Å². The summed E-state index contributed by atoms with van der Waals surface area (Å²) in [4.78, 5) is 20.8. The van der Waals surface area contributed by atoms with Crippen LogP contribution in [0.1, 0.15) is 56.1 Å². The molecule has 0 saturated heterocycles. The van der Waals surface area contributed by atoms with Crippen LogP contribution in [0, 0.1) is 12.8 Å². The smallest absolute Gasteiger partial charge is 0.290 e. The molecule has 0 spiro atoms. The summed E-state index contributed by atoms with van der Waals surface area (Å²) in [6.45, 7) is 2.26. The van der Waals surface area contributed by atoms with Crippen LogP contribution in [0.15, 0.2) is 30.3 Å². The van der Waals surface area contributed by atoms with Gasteiger partial charge in [-0.15, -0.1) is 0 Å². The molecular weight excluding hydrogens is 434 g/mol. The standard InChI is InChI=1S/C26H33NO4.CH2O2/c1-17-24(29-2)14-19(15-25(17)30-3)23-12-11-21(27-26(28)18-7-6-8-18)13-20(23)16-31-22-9-4-5-10-22;2-1-3/h11-15,18,22H,4-10,16H2,1-3H3,(H,27,28);1H,(H,2,3). The third-order valence-corrected chi connectivity index (χ3v) is 6.69. The lowest BCUT2D eigenvalue weighted by atomic mass is 9.85. The predicted molar refractivity (Wildman–Crippen MR) is 131 cm³/mol. The maximum atomic E-state index is 12.5. The molecule has 2 aromatic rings. The topological polar surface area (TPSA) is 94.1 Å². The number of ether oxygens (including phenoxy) is 3. The van der Waals surface area contributed by atoms with Crippen molar-refractivity contribution in [3.05, 3.63) is 41.5 Å². The number of carbonyl (C=O) groups excluding carboxylic acids is 1. The number of carboxylic acid groups (broad SMARTS) is 1. The van der Waals surface area contributed by atoms with Gasteiger partial charge in [0.25, 0.3) is 6.47 Å². The van der Waals surface area contributed by atoms with Crippen LogP contribution >= 0.6 is 0 Å². The van der Waals surface area contributed by atoms with Crippen molar-refractivity contribution < 1.29 is 28.9 Å². The fourth-order valence-electron chi connectivity index (χ4n) is 4.49. The molecule has 1 amide bonds. The summed E-state index contributed by atoms with van der Waals surface area (Å²) < 4.78 is 17.4. The second kappa shape index (κ2) is 12.4. The molecule has 2 N–H and O–H groups in total. The first kappa shape index (κ1) is 25.6. The van der Waals surface area contributed by atoms with Crippen molar-refractivity contribution in [1.82, 2.24) is 0 Å². The molecule has 2 saturated carbocycles. The van der Waals surface area contributed by atoms with Gasteiger partial charge < -0.3 is 24.6 Å². The molecule has 0 aliphatic heterocycles. The largest absolute Gasteiger partial charge is 0.496 e. The molecule has 34 heavy (non-hydrogen) atoms. The Morgan fingerprint density at radius 2 is 1.65 bits per heavy atom. The van der Waals surface area contributed by atoms with E-state index in [2.05, 4.69) is 17.4 Å². The van der Waals surface area contributed by atoms with Crippen molar-refractivity contribution >= 4 is 18.1 Å². The van der Waals surface area contributed by atoms with Crippen LogP contribution in [0.5, 0.6) is 11.5 Å². The molecule has 0 atom stereocenters. The Balaban J connectivity index is 0.00000103. The lowest BCUT2D eigenvalue weighted by molar-refractivity contribution is -0.123. The molecule has 2 aromatic carbocycles. The normalized spacial score (nSPS) is 15.6. The highest BCUT2D eigenvalue weighted by molar-refractivity contribution is 5.93. The molecule has 2 aliphatic rings. The molecule has 7 heteroatoms. The molecule has 0 unspecified atom stereocenters. The Morgan fingerprint density at radius 3 is 2.18 bits per heavy atom. The van der Waals surface area contributed by atoms with Crippen LogP contribution in [0.25, 0.3) is 11.1 Å². The van der Waals surface area contributed by atoms with Gasteiger partial charge >= 0.3 is 0 Å². The zero-order valence-electron chi connectivity index (χ0n) is 20.3. The molecule has 0 bridgehead atoms. The minimum absolute atomic E-state index is 0.125. The average Bonchev–Trinajstić information content (AvgIpc) is 3.31. The monoisotopic (exact) mass is 469 g/mol. The van der Waals surface area contributed by atoms with Crippen molar-refractivity contribution in [2.45, 2.75) is 64.6 Å². The van der Waals surface area contributed by atoms with E-state index in [9.17, 15) is 4.79 Å². The van der Waals surface area contributed by atoms with E-state index in [0.29, 0.717) is 12.7 Å². The van der Waals surface area contributed by atoms with Crippen LogP contribution in [0.4, 0.5) is 5.69 Å². The van der Waals surface area contributed by atoms with Crippen LogP contribution in [-0.4, -0.2) is 37.8 Å². The number of benzene rings is 2. The van der Waals surface area contributed by atoms with Gasteiger partial charge in [-0.05, 0) is 73.6 Å². The van der Waals surface area contributed by atoms with Crippen molar-refractivity contribution in [3.8, 4) is 22.6 Å². The first-order chi connectivity index (χ1) is 16.5. The number of anilines is 1. The number of amides is 1. The Labute approximate surface area is 201 Å². The highest BCUT2D eigenvalue weighted by Gasteiger charge is 2.25. The SMILES string of the molecule is COc1cc(-c2ccc(NC(=O)C3CCC3)cc2COC2CCCC2)cc(OC)c1C.O=CO. The highest BCUT2D eigenvalue weighted by Crippen LogP contribution is 2.37. The number of nitrogens with one attached hydrogen (secondary N) is 1. The molecule has 7 nitrogen and oxygen atoms in total. The number of hydrogen-bond donors (Lipinski definition) is 2. The van der Waals surface area contributed by atoms with Gasteiger partial charge in [-0.1, -0.05) is 25.3 Å². The van der Waals surface area contributed by atoms with Crippen molar-refractivity contribution in [1.29, 1.82) is 0 Å². The van der Waals surface area contributed by atoms with E-state index in [1.165, 1.54) is 12.8 Å². The fraction of sp³-hybridized carbons (Fsp3) is 0.481. The highest BCUT2D eigenvalue weighted by atomic mass is 16.5. The van der Waals surface area contributed by atoms with Gasteiger partial charge in [-0.25, -0.2) is 0 Å². The molecule has 184 valence electrons. The number of rotatable bonds is 8. The van der Waals surface area contributed by atoms with E-state index in [1.54, 1.807) is 14.2 Å². The zero-order chi connectivity index (χ0) is 24.5. The van der Waals surface area contributed by atoms with E-state index in [0.717, 1.165) is 71.5 Å². The number of hydrogen-bond acceptors (Lipinski definition) is 5. The van der Waals surface area contributed by atoms with E-state index < -0.39 is 0 Å². The molecule has 0 heterocycles. The summed E-state index contributed by atoms with van der Waals surface area (Å²) in [5.74, 6) is 1.86. The van der Waals surface area contributed by atoms with E-state index in [1.807, 2.05) is 25.1 Å². The number of carbonyl (C=O) groups is 2. The van der Waals surface area contributed by atoms with Gasteiger partial charge in [-0.2, -0.15) is 0 Å². The maximum absolute atomic E-state index is 12.5. The molecule has 0 radical (unpaired) electrons. The van der Waals surface area contributed by atoms with Gasteiger partial charge in [0.05, 0.1) is 26.9 Å². The molecule has 4 rings (SSSR count). The van der Waals surface area contributed by atoms with E-state index in [-0.39, 0.29) is 18.3 Å². The van der Waals surface area contributed by atoms with Crippen LogP contribution in [0.2, 0.25) is 0 Å². The molecule has 0 aromatic heterocycles. The summed E-state index contributed by atoms with van der Waals surface area (Å²) in [6.07, 6.45) is 8.18. The third-order valence-electron chi connectivity index (χ3n) is 6.69. The minimum Gasteiger partial charge on any atom is -0.496 e. The predicted octanol–water partition coefficient (Wildman–Crippen LogP) is 5.58. The van der Waals surface area contributed by atoms with Gasteiger partial charge in [0.2, 0.25) is 5.91 Å². The van der Waals surface area contributed by atoms with Gasteiger partial charge in [0.15, 0.2) is 0 Å². The molecular formula is C27H35NO6. The van der Waals surface area contributed by atoms with Gasteiger partial charge in [0, 0.05) is 17.2 Å². The van der Waals surface area contributed by atoms with Gasteiger partial charge in [-0.3, -0.25) is 9.59 Å². The van der Waals surface area contributed by atoms with Crippen molar-refractivity contribution in [3.63, 3.8) is 0 Å². The van der Waals surface area contributed by atoms with Gasteiger partial charge in [0.1, 0.15) is 11.5 Å². The molecule has 2 fully saturated rings. The second-order valence-corrected chi connectivity index (χ2v) is 8.82. The zero-order valence-corrected chi connectivity index (χ0v) is 20.3. The minimum atomic E-state index is -0.250. The lowest BCUT2D eigenvalue weighted by Gasteiger charge is -2.24. The van der Waals surface area contributed by atoms with Crippen molar-refractivity contribution in [2.24, 2.45) is 5.92 Å². The third kappa shape index (κ3) is 6.29. The van der Waals surface area contributed by atoms with E-state index >= 15 is 0 Å². The summed E-state index contributed by atoms with van der Waals surface area (Å²) >= 11 is 0. The summed E-state index contributed by atoms with van der Waals surface area (Å²) in [5, 5.41) is 9.99. The quantitative estimate of drug-likeness (QED) is 0.490. The first-order valence-electron chi connectivity index (χ1n) is 11.9. The van der Waals surface area contributed by atoms with Crippen LogP contribution in [-0.2, 0) is 20.9 Å². The molecule has 2 aliphatic carbocycles. The van der Waals surface area contributed by atoms with Crippen LogP contribution in [0.3, 0.4) is 0 Å². The van der Waals surface area contributed by atoms with E-state index in [4.69, 9.17) is 24.1 Å². The summed E-state index contributed by atoms with van der Waals surface area (Å²) in [5.41, 5.74) is 4.95. The first-order valence-corrected chi connectivity index (χ1v) is 11.9. The summed E-state index contributed by atoms with van der Waals surface area (Å²) in [7, 11) is 3.35. The Bertz CT molecular complexity index is 954. The number of methoxy groups -OCH3 is 2. The summed E-state index contributed by atoms with van der Waals surface area (Å²) in [6, 6.07) is 10.2. The van der Waals surface area contributed by atoms with Crippen molar-refractivity contribution in [2.75, 3.05) is 19.5 Å². The second-order valence-electron chi connectivity index (χ2n) is 8.82. The Hall–Kier alpha value is -3.06. The lowest BCUT2D eigenvalue weighted by Crippen LogP contribution is -2.28. The fourth-order valence-corrected chi connectivity index (χ4v) is 4.49. The Morgan fingerprint density at radius 1 is 1.03 bits per heavy atom. The Kier molecular flexibility index (Phi) is 9.33. The average molecular weight is 470 g/mol. The maximum Gasteiger partial charge on any atom is 0.290 e.